The van der Waals surface area contributed by atoms with E-state index >= 15 is 0 Å². The number of hydrogen-bond acceptors (Lipinski definition) is 5. The molecule has 0 atom stereocenters. The zero-order chi connectivity index (χ0) is 18.4. The summed E-state index contributed by atoms with van der Waals surface area (Å²) in [5, 5.41) is 6.68. The Morgan fingerprint density at radius 3 is 2.62 bits per heavy atom. The van der Waals surface area contributed by atoms with Crippen molar-refractivity contribution in [3.63, 3.8) is 0 Å². The largest absolute Gasteiger partial charge is 0.380 e. The lowest BCUT2D eigenvalue weighted by Crippen LogP contribution is -2.46. The minimum atomic E-state index is 0.345. The van der Waals surface area contributed by atoms with Crippen molar-refractivity contribution in [3.05, 3.63) is 28.7 Å². The standard InChI is InChI=1S/C21H29N3O2/c1-3-14-26-19-7-5-18(6-8-19)24-12-10-17(11-13-24)22-21-15-16(2)4-9-20(21)23-25/h1,4,9,15,17-19,22H,5-8,10-14H2,2H3. The number of nitroso groups, excluding NO2 is 1. The van der Waals surface area contributed by atoms with Gasteiger partial charge in [-0.15, -0.1) is 11.3 Å². The molecule has 5 heteroatoms. The molecule has 1 saturated carbocycles. The van der Waals surface area contributed by atoms with Gasteiger partial charge < -0.3 is 15.0 Å². The molecule has 1 heterocycles. The molecule has 2 fully saturated rings. The number of ether oxygens (including phenoxy) is 1. The first kappa shape index (κ1) is 18.9. The Kier molecular flexibility index (Phi) is 6.65. The van der Waals surface area contributed by atoms with Gasteiger partial charge in [0.15, 0.2) is 0 Å². The molecule has 0 amide bonds. The summed E-state index contributed by atoms with van der Waals surface area (Å²) in [6.07, 6.45) is 12.4. The molecule has 0 radical (unpaired) electrons. The maximum atomic E-state index is 11.0. The van der Waals surface area contributed by atoms with Crippen molar-refractivity contribution in [2.75, 3.05) is 25.0 Å². The smallest absolute Gasteiger partial charge is 0.131 e. The lowest BCUT2D eigenvalue weighted by Gasteiger charge is -2.41. The Morgan fingerprint density at radius 1 is 1.23 bits per heavy atom. The highest BCUT2D eigenvalue weighted by molar-refractivity contribution is 5.66. The molecule has 0 unspecified atom stereocenters. The Bertz CT molecular complexity index is 639. The number of likely N-dealkylation sites (tertiary alicyclic amines) is 1. The molecule has 3 rings (SSSR count). The van der Waals surface area contributed by atoms with Crippen molar-refractivity contribution in [2.24, 2.45) is 5.18 Å². The highest BCUT2D eigenvalue weighted by atomic mass is 16.5. The number of aryl methyl sites for hydroxylation is 1. The average Bonchev–Trinajstić information content (AvgIpc) is 2.68. The highest BCUT2D eigenvalue weighted by Crippen LogP contribution is 2.30. The molecule has 5 nitrogen and oxygen atoms in total. The number of nitrogens with one attached hydrogen (secondary N) is 1. The number of hydrogen-bond donors (Lipinski definition) is 1. The lowest BCUT2D eigenvalue weighted by atomic mass is 9.90. The van der Waals surface area contributed by atoms with E-state index in [1.165, 1.54) is 12.8 Å². The van der Waals surface area contributed by atoms with Crippen molar-refractivity contribution >= 4 is 11.4 Å². The molecule has 1 N–H and O–H groups in total. The Morgan fingerprint density at radius 2 is 1.96 bits per heavy atom. The molecule has 140 valence electrons. The lowest BCUT2D eigenvalue weighted by molar-refractivity contribution is 0.0190. The summed E-state index contributed by atoms with van der Waals surface area (Å²) in [5.41, 5.74) is 2.51. The maximum absolute atomic E-state index is 11.0. The molecular formula is C21H29N3O2. The molecular weight excluding hydrogens is 326 g/mol. The quantitative estimate of drug-likeness (QED) is 0.613. The zero-order valence-electron chi connectivity index (χ0n) is 15.6. The predicted molar refractivity (Wildman–Crippen MR) is 106 cm³/mol. The van der Waals surface area contributed by atoms with Crippen molar-refractivity contribution < 1.29 is 4.74 Å². The van der Waals surface area contributed by atoms with E-state index in [0.29, 0.717) is 30.5 Å². The summed E-state index contributed by atoms with van der Waals surface area (Å²) in [7, 11) is 0. The minimum absolute atomic E-state index is 0.345. The second kappa shape index (κ2) is 9.16. The van der Waals surface area contributed by atoms with Gasteiger partial charge >= 0.3 is 0 Å². The minimum Gasteiger partial charge on any atom is -0.380 e. The number of anilines is 1. The van der Waals surface area contributed by atoms with Gasteiger partial charge in [0.1, 0.15) is 12.3 Å². The summed E-state index contributed by atoms with van der Waals surface area (Å²) in [6, 6.07) is 6.81. The first-order chi connectivity index (χ1) is 12.7. The fourth-order valence-corrected chi connectivity index (χ4v) is 4.22. The van der Waals surface area contributed by atoms with Gasteiger partial charge in [0.25, 0.3) is 0 Å². The molecule has 0 bridgehead atoms. The van der Waals surface area contributed by atoms with E-state index < -0.39 is 0 Å². The third kappa shape index (κ3) is 4.84. The summed E-state index contributed by atoms with van der Waals surface area (Å²) in [5.74, 6) is 2.56. The molecule has 1 aromatic carbocycles. The fourth-order valence-electron chi connectivity index (χ4n) is 4.22. The third-order valence-electron chi connectivity index (χ3n) is 5.70. The zero-order valence-corrected chi connectivity index (χ0v) is 15.6. The van der Waals surface area contributed by atoms with E-state index in [1.807, 2.05) is 19.1 Å². The van der Waals surface area contributed by atoms with Crippen LogP contribution in [0.5, 0.6) is 0 Å². The van der Waals surface area contributed by atoms with Crippen molar-refractivity contribution in [1.29, 1.82) is 0 Å². The Hall–Kier alpha value is -1.90. The van der Waals surface area contributed by atoms with Crippen LogP contribution in [-0.2, 0) is 4.74 Å². The van der Waals surface area contributed by atoms with E-state index in [0.717, 1.165) is 50.0 Å². The van der Waals surface area contributed by atoms with Crippen LogP contribution in [0, 0.1) is 24.2 Å². The second-order valence-corrected chi connectivity index (χ2v) is 7.51. The molecule has 1 aliphatic heterocycles. The topological polar surface area (TPSA) is 53.9 Å². The SMILES string of the molecule is C#CCOC1CCC(N2CCC(Nc3cc(C)ccc3N=O)CC2)CC1. The first-order valence-corrected chi connectivity index (χ1v) is 9.69. The van der Waals surface area contributed by atoms with Gasteiger partial charge in [0.2, 0.25) is 0 Å². The van der Waals surface area contributed by atoms with Crippen LogP contribution < -0.4 is 5.32 Å². The van der Waals surface area contributed by atoms with E-state index in [1.54, 1.807) is 6.07 Å². The second-order valence-electron chi connectivity index (χ2n) is 7.51. The molecule has 1 aromatic rings. The molecule has 2 aliphatic rings. The van der Waals surface area contributed by atoms with Gasteiger partial charge in [0, 0.05) is 25.2 Å². The predicted octanol–water partition coefficient (Wildman–Crippen LogP) is 4.23. The Balaban J connectivity index is 1.46. The van der Waals surface area contributed by atoms with Crippen LogP contribution in [0.15, 0.2) is 23.4 Å². The molecule has 0 aromatic heterocycles. The monoisotopic (exact) mass is 355 g/mol. The van der Waals surface area contributed by atoms with Gasteiger partial charge in [-0.2, -0.15) is 0 Å². The van der Waals surface area contributed by atoms with E-state index in [4.69, 9.17) is 11.2 Å². The third-order valence-corrected chi connectivity index (χ3v) is 5.70. The highest BCUT2D eigenvalue weighted by Gasteiger charge is 2.29. The summed E-state index contributed by atoms with van der Waals surface area (Å²) in [4.78, 5) is 13.6. The van der Waals surface area contributed by atoms with Crippen molar-refractivity contribution in [3.8, 4) is 12.3 Å². The van der Waals surface area contributed by atoms with Crippen LogP contribution in [0.2, 0.25) is 0 Å². The van der Waals surface area contributed by atoms with Gasteiger partial charge in [-0.1, -0.05) is 12.0 Å². The number of benzene rings is 1. The number of terminal acetylenes is 1. The van der Waals surface area contributed by atoms with Gasteiger partial charge in [-0.25, -0.2) is 0 Å². The van der Waals surface area contributed by atoms with Crippen molar-refractivity contribution in [1.82, 2.24) is 4.90 Å². The van der Waals surface area contributed by atoms with Crippen LogP contribution in [-0.4, -0.2) is 42.8 Å². The molecule has 1 saturated heterocycles. The summed E-state index contributed by atoms with van der Waals surface area (Å²) < 4.78 is 5.68. The van der Waals surface area contributed by atoms with E-state index in [2.05, 4.69) is 21.3 Å². The van der Waals surface area contributed by atoms with Crippen LogP contribution in [0.25, 0.3) is 0 Å². The van der Waals surface area contributed by atoms with Crippen LogP contribution >= 0.6 is 0 Å². The number of piperidine rings is 1. The van der Waals surface area contributed by atoms with Gasteiger partial charge in [0.05, 0.1) is 11.8 Å². The normalized spacial score (nSPS) is 24.8. The van der Waals surface area contributed by atoms with Crippen LogP contribution in [0.3, 0.4) is 0 Å². The summed E-state index contributed by atoms with van der Waals surface area (Å²) in [6.45, 7) is 4.68. The first-order valence-electron chi connectivity index (χ1n) is 9.69. The molecule has 26 heavy (non-hydrogen) atoms. The molecule has 1 aliphatic carbocycles. The van der Waals surface area contributed by atoms with Crippen molar-refractivity contribution in [2.45, 2.75) is 63.6 Å². The fraction of sp³-hybridized carbons (Fsp3) is 0.619. The maximum Gasteiger partial charge on any atom is 0.131 e. The van der Waals surface area contributed by atoms with Gasteiger partial charge in [-0.3, -0.25) is 0 Å². The van der Waals surface area contributed by atoms with E-state index in [-0.39, 0.29) is 0 Å². The number of nitrogens with zero attached hydrogens (tertiary/aromatic N) is 2. The van der Waals surface area contributed by atoms with Crippen LogP contribution in [0.1, 0.15) is 44.1 Å². The summed E-state index contributed by atoms with van der Waals surface area (Å²) >= 11 is 0. The number of rotatable bonds is 6. The van der Waals surface area contributed by atoms with Crippen LogP contribution in [0.4, 0.5) is 11.4 Å². The molecule has 0 spiro atoms. The van der Waals surface area contributed by atoms with Gasteiger partial charge in [-0.05, 0) is 68.3 Å². The Labute approximate surface area is 156 Å². The van der Waals surface area contributed by atoms with E-state index in [9.17, 15) is 4.91 Å². The average molecular weight is 355 g/mol.